The maximum atomic E-state index is 11.9. The predicted molar refractivity (Wildman–Crippen MR) is 76.1 cm³/mol. The van der Waals surface area contributed by atoms with Crippen LogP contribution in [0.3, 0.4) is 0 Å². The lowest BCUT2D eigenvalue weighted by Gasteiger charge is -2.26. The van der Waals surface area contributed by atoms with E-state index >= 15 is 0 Å². The van der Waals surface area contributed by atoms with Gasteiger partial charge in [-0.25, -0.2) is 13.1 Å². The van der Waals surface area contributed by atoms with E-state index in [4.69, 9.17) is 0 Å². The molecule has 4 nitrogen and oxygen atoms in total. The molecule has 1 atom stereocenters. The molecule has 2 N–H and O–H groups in total. The standard InChI is InChI=1S/C13H28N2O2S/c1-11-4-6-13(7-5-11)8-9-15-18(16,17)12(2)10-14-3/h11-15H,4-10H2,1-3H3. The number of nitrogens with one attached hydrogen (secondary N) is 2. The summed E-state index contributed by atoms with van der Waals surface area (Å²) < 4.78 is 26.5. The predicted octanol–water partition coefficient (Wildman–Crippen LogP) is 1.73. The largest absolute Gasteiger partial charge is 0.318 e. The SMILES string of the molecule is CNCC(C)S(=O)(=O)NCCC1CCC(C)CC1. The number of sulfonamides is 1. The lowest BCUT2D eigenvalue weighted by atomic mass is 9.81. The van der Waals surface area contributed by atoms with Crippen LogP contribution in [0.1, 0.15) is 46.0 Å². The Bertz CT molecular complexity index is 322. The number of hydrogen-bond acceptors (Lipinski definition) is 3. The molecule has 1 saturated carbocycles. The van der Waals surface area contributed by atoms with Crippen molar-refractivity contribution in [3.63, 3.8) is 0 Å². The van der Waals surface area contributed by atoms with E-state index < -0.39 is 10.0 Å². The molecule has 1 rings (SSSR count). The third-order valence-corrected chi connectivity index (χ3v) is 5.85. The zero-order chi connectivity index (χ0) is 13.6. The average molecular weight is 276 g/mol. The highest BCUT2D eigenvalue weighted by atomic mass is 32.2. The fourth-order valence-corrected chi connectivity index (χ4v) is 3.64. The third-order valence-electron chi connectivity index (χ3n) is 4.01. The van der Waals surface area contributed by atoms with Crippen LogP contribution in [0.2, 0.25) is 0 Å². The molecule has 0 aromatic rings. The van der Waals surface area contributed by atoms with Gasteiger partial charge in [0.15, 0.2) is 0 Å². The van der Waals surface area contributed by atoms with Crippen LogP contribution >= 0.6 is 0 Å². The van der Waals surface area contributed by atoms with Gasteiger partial charge in [0.1, 0.15) is 0 Å². The smallest absolute Gasteiger partial charge is 0.215 e. The molecule has 1 aliphatic rings. The highest BCUT2D eigenvalue weighted by molar-refractivity contribution is 7.90. The van der Waals surface area contributed by atoms with Crippen LogP contribution in [0.25, 0.3) is 0 Å². The van der Waals surface area contributed by atoms with Crippen molar-refractivity contribution in [2.24, 2.45) is 11.8 Å². The molecule has 0 aromatic carbocycles. The number of rotatable bonds is 7. The Morgan fingerprint density at radius 1 is 1.22 bits per heavy atom. The van der Waals surface area contributed by atoms with Crippen molar-refractivity contribution in [3.8, 4) is 0 Å². The molecule has 0 spiro atoms. The van der Waals surface area contributed by atoms with E-state index in [0.717, 1.165) is 12.3 Å². The first-order chi connectivity index (χ1) is 8.45. The molecule has 1 aliphatic carbocycles. The summed E-state index contributed by atoms with van der Waals surface area (Å²) in [5.74, 6) is 1.57. The van der Waals surface area contributed by atoms with Crippen LogP contribution in [0.15, 0.2) is 0 Å². The van der Waals surface area contributed by atoms with Crippen LogP contribution in [0.4, 0.5) is 0 Å². The molecule has 108 valence electrons. The Labute approximate surface area is 112 Å². The van der Waals surface area contributed by atoms with Gasteiger partial charge in [-0.05, 0) is 32.2 Å². The summed E-state index contributed by atoms with van der Waals surface area (Å²) in [4.78, 5) is 0. The van der Waals surface area contributed by atoms with E-state index in [1.807, 2.05) is 0 Å². The van der Waals surface area contributed by atoms with E-state index in [1.54, 1.807) is 14.0 Å². The summed E-state index contributed by atoms with van der Waals surface area (Å²) in [5.41, 5.74) is 0. The summed E-state index contributed by atoms with van der Waals surface area (Å²) in [5, 5.41) is 2.53. The topological polar surface area (TPSA) is 58.2 Å². The van der Waals surface area contributed by atoms with Gasteiger partial charge in [-0.3, -0.25) is 0 Å². The fourth-order valence-electron chi connectivity index (χ4n) is 2.56. The van der Waals surface area contributed by atoms with E-state index in [0.29, 0.717) is 19.0 Å². The summed E-state index contributed by atoms with van der Waals surface area (Å²) >= 11 is 0. The molecule has 0 heterocycles. The van der Waals surface area contributed by atoms with Crippen molar-refractivity contribution in [2.75, 3.05) is 20.1 Å². The Balaban J connectivity index is 2.24. The highest BCUT2D eigenvalue weighted by Gasteiger charge is 2.21. The minimum Gasteiger partial charge on any atom is -0.318 e. The molecule has 5 heteroatoms. The van der Waals surface area contributed by atoms with Crippen LogP contribution in [0.5, 0.6) is 0 Å². The van der Waals surface area contributed by atoms with Crippen molar-refractivity contribution in [2.45, 2.75) is 51.2 Å². The van der Waals surface area contributed by atoms with Crippen LogP contribution in [-0.4, -0.2) is 33.8 Å². The van der Waals surface area contributed by atoms with Gasteiger partial charge in [0, 0.05) is 13.1 Å². The Hall–Kier alpha value is -0.130. The monoisotopic (exact) mass is 276 g/mol. The van der Waals surface area contributed by atoms with Crippen LogP contribution in [0, 0.1) is 11.8 Å². The second-order valence-corrected chi connectivity index (χ2v) is 7.91. The summed E-state index contributed by atoms with van der Waals surface area (Å²) in [6, 6.07) is 0. The Kier molecular flexibility index (Phi) is 6.60. The average Bonchev–Trinajstić information content (AvgIpc) is 2.32. The summed E-state index contributed by atoms with van der Waals surface area (Å²) in [7, 11) is -1.37. The van der Waals surface area contributed by atoms with E-state index in [1.165, 1.54) is 25.7 Å². The highest BCUT2D eigenvalue weighted by Crippen LogP contribution is 2.29. The summed E-state index contributed by atoms with van der Waals surface area (Å²) in [6.45, 7) is 5.13. The van der Waals surface area contributed by atoms with Crippen molar-refractivity contribution in [1.29, 1.82) is 0 Å². The van der Waals surface area contributed by atoms with Crippen LogP contribution < -0.4 is 10.0 Å². The van der Waals surface area contributed by atoms with Crippen molar-refractivity contribution in [1.82, 2.24) is 10.0 Å². The normalized spacial score (nSPS) is 27.1. The maximum Gasteiger partial charge on any atom is 0.215 e. The number of hydrogen-bond donors (Lipinski definition) is 2. The maximum absolute atomic E-state index is 11.9. The molecular weight excluding hydrogens is 248 g/mol. The molecular formula is C13H28N2O2S. The minimum atomic E-state index is -3.15. The third kappa shape index (κ3) is 5.24. The van der Waals surface area contributed by atoms with Gasteiger partial charge in [-0.1, -0.05) is 32.6 Å². The molecule has 18 heavy (non-hydrogen) atoms. The van der Waals surface area contributed by atoms with E-state index in [2.05, 4.69) is 17.0 Å². The van der Waals surface area contributed by atoms with Gasteiger partial charge in [0.25, 0.3) is 0 Å². The Morgan fingerprint density at radius 3 is 2.39 bits per heavy atom. The Morgan fingerprint density at radius 2 is 1.83 bits per heavy atom. The summed E-state index contributed by atoms with van der Waals surface area (Å²) in [6.07, 6.45) is 6.10. The van der Waals surface area contributed by atoms with Gasteiger partial charge < -0.3 is 5.32 Å². The van der Waals surface area contributed by atoms with Crippen LogP contribution in [-0.2, 0) is 10.0 Å². The molecule has 1 unspecified atom stereocenters. The van der Waals surface area contributed by atoms with Gasteiger partial charge in [-0.15, -0.1) is 0 Å². The van der Waals surface area contributed by atoms with Gasteiger partial charge in [-0.2, -0.15) is 0 Å². The van der Waals surface area contributed by atoms with Crippen molar-refractivity contribution >= 4 is 10.0 Å². The van der Waals surface area contributed by atoms with Crippen molar-refractivity contribution in [3.05, 3.63) is 0 Å². The first-order valence-electron chi connectivity index (χ1n) is 7.08. The molecule has 0 bridgehead atoms. The lowest BCUT2D eigenvalue weighted by molar-refractivity contribution is 0.278. The van der Waals surface area contributed by atoms with Gasteiger partial charge in [0.05, 0.1) is 5.25 Å². The molecule has 0 aliphatic heterocycles. The minimum absolute atomic E-state index is 0.367. The second-order valence-electron chi connectivity index (χ2n) is 5.72. The van der Waals surface area contributed by atoms with E-state index in [-0.39, 0.29) is 5.25 Å². The lowest BCUT2D eigenvalue weighted by Crippen LogP contribution is -2.38. The molecule has 0 aromatic heterocycles. The second kappa shape index (κ2) is 7.46. The molecule has 0 amide bonds. The van der Waals surface area contributed by atoms with E-state index in [9.17, 15) is 8.42 Å². The zero-order valence-electron chi connectivity index (χ0n) is 11.9. The molecule has 1 fully saturated rings. The first kappa shape index (κ1) is 15.9. The van der Waals surface area contributed by atoms with Gasteiger partial charge in [0.2, 0.25) is 10.0 Å². The zero-order valence-corrected chi connectivity index (χ0v) is 12.7. The molecule has 0 radical (unpaired) electrons. The van der Waals surface area contributed by atoms with Crippen molar-refractivity contribution < 1.29 is 8.42 Å². The molecule has 0 saturated heterocycles. The fraction of sp³-hybridized carbons (Fsp3) is 1.00. The quantitative estimate of drug-likeness (QED) is 0.744. The first-order valence-corrected chi connectivity index (χ1v) is 8.63. The van der Waals surface area contributed by atoms with Gasteiger partial charge >= 0.3 is 0 Å².